The minimum atomic E-state index is -2.98. The lowest BCUT2D eigenvalue weighted by molar-refractivity contribution is -0.310. The number of benzene rings is 1. The highest BCUT2D eigenvalue weighted by Gasteiger charge is 2.52. The molecule has 4 aliphatic heterocycles. The van der Waals surface area contributed by atoms with Gasteiger partial charge in [-0.3, -0.25) is 29.0 Å². The number of halogens is 1. The number of cyclic esters (lactones) is 1. The number of rotatable bonds is 22. The Balaban J connectivity index is 0.843. The van der Waals surface area contributed by atoms with Crippen LogP contribution in [-0.2, 0) is 67.1 Å². The van der Waals surface area contributed by atoms with Gasteiger partial charge in [-0.2, -0.15) is 4.73 Å². The zero-order valence-electron chi connectivity index (χ0n) is 54.7. The molecule has 0 spiro atoms. The van der Waals surface area contributed by atoms with Gasteiger partial charge in [0.05, 0.1) is 55.8 Å². The normalized spacial score (nSPS) is 21.9. The van der Waals surface area contributed by atoms with Crippen molar-refractivity contribution in [2.24, 2.45) is 11.5 Å². The first-order valence-electron chi connectivity index (χ1n) is 31.3. The lowest BCUT2D eigenvalue weighted by Crippen LogP contribution is -2.61. The minimum absolute atomic E-state index is 0.000994. The molecule has 2 fully saturated rings. The van der Waals surface area contributed by atoms with E-state index >= 15 is 4.39 Å². The number of pyridine rings is 1. The number of thiazole rings is 5. The molecule has 8 aromatic rings. The summed E-state index contributed by atoms with van der Waals surface area (Å²) < 4.78 is 65.1. The molecule has 0 radical (unpaired) electrons. The zero-order chi connectivity index (χ0) is 71.7. The molecule has 2 saturated heterocycles. The summed E-state index contributed by atoms with van der Waals surface area (Å²) in [4.78, 5) is 129. The Labute approximate surface area is 593 Å². The molecule has 0 bridgehead atoms. The Hall–Kier alpha value is -9.06. The van der Waals surface area contributed by atoms with Crippen LogP contribution in [0.3, 0.4) is 0 Å². The van der Waals surface area contributed by atoms with Crippen LogP contribution in [0.25, 0.3) is 49.3 Å². The number of nitrogens with one attached hydrogen (secondary N) is 2. The summed E-state index contributed by atoms with van der Waals surface area (Å²) in [7, 11) is 6.44. The smallest absolute Gasteiger partial charge is 0.358 e. The van der Waals surface area contributed by atoms with Crippen LogP contribution < -0.4 is 22.1 Å². The quantitative estimate of drug-likeness (QED) is 0.0275. The van der Waals surface area contributed by atoms with Gasteiger partial charge in [0.1, 0.15) is 91.4 Å². The van der Waals surface area contributed by atoms with E-state index in [0.717, 1.165) is 82.9 Å². The lowest BCUT2D eigenvalue weighted by Gasteiger charge is -2.45. The molecule has 101 heavy (non-hydrogen) atoms. The third kappa shape index (κ3) is 15.6. The third-order valence-electron chi connectivity index (χ3n) is 16.8. The highest BCUT2D eigenvalue weighted by Crippen LogP contribution is 2.43. The van der Waals surface area contributed by atoms with Crippen molar-refractivity contribution in [3.63, 3.8) is 0 Å². The third-order valence-corrected chi connectivity index (χ3v) is 21.2. The number of esters is 3. The van der Waals surface area contributed by atoms with Crippen LogP contribution in [0, 0.1) is 0 Å². The fourth-order valence-corrected chi connectivity index (χ4v) is 16.0. The molecule has 12 rings (SSSR count). The van der Waals surface area contributed by atoms with Gasteiger partial charge in [-0.1, -0.05) is 12.1 Å². The Bertz CT molecular complexity index is 4520. The summed E-state index contributed by atoms with van der Waals surface area (Å²) in [5.74, 6) is -9.44. The average molecular weight is 1490 g/mol. The van der Waals surface area contributed by atoms with E-state index in [-0.39, 0.29) is 131 Å². The lowest BCUT2D eigenvalue weighted by atomic mass is 9.95. The predicted octanol–water partition coefficient (Wildman–Crippen LogP) is 4.68. The second-order valence-corrected chi connectivity index (χ2v) is 28.5. The Kier molecular flexibility index (Phi) is 21.5. The van der Waals surface area contributed by atoms with E-state index in [0.29, 0.717) is 16.3 Å². The van der Waals surface area contributed by atoms with Gasteiger partial charge < -0.3 is 80.3 Å². The number of nitrogens with zero attached hydrogens (tertiary/aromatic N) is 10. The van der Waals surface area contributed by atoms with Crippen molar-refractivity contribution in [2.45, 2.75) is 95.0 Å². The summed E-state index contributed by atoms with van der Waals surface area (Å²) in [5.41, 5.74) is 11.3. The van der Waals surface area contributed by atoms with E-state index in [9.17, 15) is 49.0 Å². The van der Waals surface area contributed by atoms with E-state index in [4.69, 9.17) is 59.3 Å². The number of aliphatic hydroxyl groups is 1. The molecule has 8 atom stereocenters. The van der Waals surface area contributed by atoms with Crippen LogP contribution in [0.2, 0.25) is 0 Å². The maximum absolute atomic E-state index is 16.5. The van der Waals surface area contributed by atoms with Crippen LogP contribution in [0.1, 0.15) is 111 Å². The van der Waals surface area contributed by atoms with Crippen molar-refractivity contribution < 1.29 is 91.3 Å². The van der Waals surface area contributed by atoms with Gasteiger partial charge in [-0.15, -0.1) is 56.7 Å². The van der Waals surface area contributed by atoms with Crippen molar-refractivity contribution in [1.82, 2.24) is 60.0 Å². The number of likely N-dealkylation sites (N-methyl/N-ethyl adjacent to an activating group) is 2. The van der Waals surface area contributed by atoms with Gasteiger partial charge in [0.15, 0.2) is 29.5 Å². The molecule has 4 aliphatic rings. The van der Waals surface area contributed by atoms with Crippen LogP contribution in [0.15, 0.2) is 57.1 Å². The first-order chi connectivity index (χ1) is 48.3. The number of carbonyl (C=O) groups is 7. The first-order valence-corrected chi connectivity index (χ1v) is 35.7. The molecule has 32 nitrogen and oxygen atoms in total. The number of ether oxygens (including phenoxy) is 8. The average Bonchev–Trinajstić information content (AvgIpc) is 1.71. The Morgan fingerprint density at radius 1 is 0.851 bits per heavy atom. The topological polar surface area (TPSA) is 422 Å². The van der Waals surface area contributed by atoms with E-state index < -0.39 is 116 Å². The van der Waals surface area contributed by atoms with Crippen LogP contribution in [0.5, 0.6) is 5.75 Å². The number of alkyl halides is 1. The predicted molar refractivity (Wildman–Crippen MR) is 361 cm³/mol. The second-order valence-electron chi connectivity index (χ2n) is 24.0. The highest BCUT2D eigenvalue weighted by atomic mass is 32.1. The Morgan fingerprint density at radius 2 is 1.54 bits per heavy atom. The number of nitrogens with two attached hydrogens (primary N) is 2. The molecular weight excluding hydrogens is 1420 g/mol. The molecule has 0 unspecified atom stereocenters. The zero-order valence-corrected chi connectivity index (χ0v) is 58.8. The van der Waals surface area contributed by atoms with Crippen molar-refractivity contribution >= 4 is 115 Å². The summed E-state index contributed by atoms with van der Waals surface area (Å²) in [6.07, 6.45) is -8.24. The van der Waals surface area contributed by atoms with Gasteiger partial charge in [0.25, 0.3) is 17.7 Å². The molecule has 0 aliphatic carbocycles. The molecule has 0 saturated carbocycles. The van der Waals surface area contributed by atoms with Gasteiger partial charge in [0.2, 0.25) is 11.8 Å². The number of hydrogen-bond donors (Lipinski definition) is 7. The van der Waals surface area contributed by atoms with E-state index in [1.807, 2.05) is 0 Å². The van der Waals surface area contributed by atoms with Gasteiger partial charge >= 0.3 is 23.9 Å². The number of primary amides is 2. The molecule has 7 aromatic heterocycles. The molecule has 534 valence electrons. The molecular formula is C63H67FN14O18S5. The van der Waals surface area contributed by atoms with Gasteiger partial charge in [-0.05, 0) is 52.7 Å². The molecule has 38 heteroatoms. The number of methoxy groups -OCH3 is 1. The van der Waals surface area contributed by atoms with Crippen LogP contribution in [-0.4, -0.2) is 223 Å². The summed E-state index contributed by atoms with van der Waals surface area (Å²) in [6.45, 7) is 5.73. The van der Waals surface area contributed by atoms with Crippen LogP contribution >= 0.6 is 56.7 Å². The monoisotopic (exact) mass is 1490 g/mol. The largest absolute Gasteiger partial charge is 0.506 e. The number of amides is 4. The van der Waals surface area contributed by atoms with Crippen molar-refractivity contribution in [2.75, 3.05) is 74.2 Å². The SMILES string of the molecule is COC1=C(c2nc(C(=O)N[C@H](c3nc(C(N)=O)cs3)[C@@H]3OCc4c(C(=O)OCCc5nc(-c6nc(-c7nc(C(=O)OCCN8CCN(C)CC8)cs7)c(O)cc6-c6nc(C(N)=O)cs6)cs5)n(O)c5cccc(c45)COC(=O)[C@H]3O[C@H]3C[C@@](O)(F)[C@H](N(C)C)[C@H](C)O3)cs2)NC(=O)C[C@@H](C)O1. The number of aromatic hydroxyl groups is 1. The molecule has 11 heterocycles. The van der Waals surface area contributed by atoms with Crippen molar-refractivity contribution in [3.8, 4) is 38.4 Å². The van der Waals surface area contributed by atoms with Crippen molar-refractivity contribution in [1.29, 1.82) is 0 Å². The fraction of sp³-hybridized carbons (Fsp3) is 0.413. The summed E-state index contributed by atoms with van der Waals surface area (Å²) >= 11 is 5.01. The summed E-state index contributed by atoms with van der Waals surface area (Å²) in [6, 6.07) is 3.06. The van der Waals surface area contributed by atoms with Gasteiger partial charge in [0, 0.05) is 82.6 Å². The molecule has 4 amide bonds. The van der Waals surface area contributed by atoms with E-state index in [2.05, 4.69) is 47.4 Å². The first kappa shape index (κ1) is 71.8. The van der Waals surface area contributed by atoms with Crippen LogP contribution in [0.4, 0.5) is 4.39 Å². The number of carbonyl (C=O) groups excluding carboxylic acids is 7. The maximum Gasteiger partial charge on any atom is 0.358 e. The molecule has 9 N–H and O–H groups in total. The van der Waals surface area contributed by atoms with E-state index in [1.54, 1.807) is 18.4 Å². The standard InChI is InChI=1S/C63H67FN14O18S5/c1-28-18-40(80)72-47(62(89-6)94-28)58-70-36(26-100-58)54(83)74-46(57-69-35(25-99-57)53(66)82)49-50(96-42-20-63(64,87)51(75(3)4)29(2)95-42)61(86)93-21-30-8-7-9-38-43(30)32(22-92-49)48(78(38)88)60(85)90-16-10-41-67-33(23-97-41)44-31(55-68-34(24-98-55)52(65)81)19-39(79)45(73-44)56-71-37(27-101-56)59(84)91-17-15-77-13-11-76(5)12-14-77/h7-9,19,23-29,42,46,49-51,79,87-88H,10-18,20-22H2,1-6H3,(H2,65,81)(H2,66,82)(H,72,80)(H,74,83)/t28-,29+,42+,46+,49+,50+,51-,63+/m1/s1. The highest BCUT2D eigenvalue weighted by molar-refractivity contribution is 7.14. The minimum Gasteiger partial charge on any atom is -0.506 e. The number of hydrogen-bond acceptors (Lipinski definition) is 32. The van der Waals surface area contributed by atoms with Gasteiger partial charge in [-0.25, -0.2) is 48.7 Å². The molecule has 1 aromatic carbocycles. The second kappa shape index (κ2) is 30.3. The maximum atomic E-state index is 16.5. The number of piperazine rings is 1. The Morgan fingerprint density at radius 3 is 2.27 bits per heavy atom. The van der Waals surface area contributed by atoms with E-state index in [1.165, 1.54) is 72.7 Å². The van der Waals surface area contributed by atoms with Crippen molar-refractivity contribution in [3.05, 3.63) is 112 Å². The fourth-order valence-electron chi connectivity index (χ4n) is 12.0. The summed E-state index contributed by atoms with van der Waals surface area (Å²) in [5, 5.41) is 48.6. The number of aromatic nitrogens is 7.